The Hall–Kier alpha value is -1.36. The molecule has 1 rings (SSSR count). The van der Waals surface area contributed by atoms with Crippen LogP contribution in [0.3, 0.4) is 0 Å². The van der Waals surface area contributed by atoms with Crippen LogP contribution in [0.1, 0.15) is 25.2 Å². The van der Waals surface area contributed by atoms with Gasteiger partial charge in [0.1, 0.15) is 18.2 Å². The highest BCUT2D eigenvalue weighted by Crippen LogP contribution is 2.21. The molecule has 0 unspecified atom stereocenters. The monoisotopic (exact) mass is 239 g/mol. The lowest BCUT2D eigenvalue weighted by atomic mass is 10.3. The van der Waals surface area contributed by atoms with Crippen molar-refractivity contribution in [3.8, 4) is 5.88 Å². The van der Waals surface area contributed by atoms with E-state index >= 15 is 0 Å². The minimum absolute atomic E-state index is 0.222. The van der Waals surface area contributed by atoms with Gasteiger partial charge >= 0.3 is 0 Å². The molecule has 1 heterocycles. The number of anilines is 1. The molecule has 0 aliphatic carbocycles. The largest absolute Gasteiger partial charge is 0.475 e. The van der Waals surface area contributed by atoms with E-state index in [1.807, 2.05) is 34.7 Å². The second-order valence-corrected chi connectivity index (χ2v) is 4.07. The van der Waals surface area contributed by atoms with E-state index in [2.05, 4.69) is 15.3 Å². The lowest BCUT2D eigenvalue weighted by molar-refractivity contribution is 0.0540. The molecule has 0 fully saturated rings. The van der Waals surface area contributed by atoms with Crippen molar-refractivity contribution in [3.05, 3.63) is 11.4 Å². The molecule has 0 saturated carbocycles. The fourth-order valence-electron chi connectivity index (χ4n) is 1.41. The summed E-state index contributed by atoms with van der Waals surface area (Å²) in [5, 5.41) is 3.02. The number of nitrogens with one attached hydrogen (secondary N) is 1. The van der Waals surface area contributed by atoms with Crippen LogP contribution in [0.2, 0.25) is 0 Å². The van der Waals surface area contributed by atoms with Gasteiger partial charge in [0.25, 0.3) is 0 Å². The molecule has 5 nitrogen and oxygen atoms in total. The van der Waals surface area contributed by atoms with E-state index in [1.54, 1.807) is 0 Å². The Kier molecular flexibility index (Phi) is 5.15. The van der Waals surface area contributed by atoms with Crippen molar-refractivity contribution in [1.82, 2.24) is 9.97 Å². The van der Waals surface area contributed by atoms with Gasteiger partial charge in [-0.2, -0.15) is 4.98 Å². The van der Waals surface area contributed by atoms with Gasteiger partial charge in [-0.15, -0.1) is 0 Å². The summed E-state index contributed by atoms with van der Waals surface area (Å²) in [6.45, 7) is 8.84. The fraction of sp³-hybridized carbons (Fsp3) is 0.667. The summed E-state index contributed by atoms with van der Waals surface area (Å²) in [6, 6.07) is 0. The maximum Gasteiger partial charge on any atom is 0.221 e. The van der Waals surface area contributed by atoms with Crippen LogP contribution < -0.4 is 10.1 Å². The zero-order chi connectivity index (χ0) is 12.8. The highest BCUT2D eigenvalue weighted by molar-refractivity contribution is 5.47. The Morgan fingerprint density at radius 1 is 1.18 bits per heavy atom. The van der Waals surface area contributed by atoms with E-state index in [0.29, 0.717) is 24.9 Å². The second kappa shape index (κ2) is 6.39. The van der Waals surface area contributed by atoms with Crippen molar-refractivity contribution in [2.45, 2.75) is 33.8 Å². The van der Waals surface area contributed by atoms with Gasteiger partial charge in [0.15, 0.2) is 0 Å². The number of hydrogen-bond donors (Lipinski definition) is 1. The average molecular weight is 239 g/mol. The van der Waals surface area contributed by atoms with Crippen LogP contribution in [0.15, 0.2) is 0 Å². The SMILES string of the molecule is CNc1nc(C)nc(OCCOC(C)C)c1C. The van der Waals surface area contributed by atoms with Crippen LogP contribution in [0.4, 0.5) is 5.82 Å². The van der Waals surface area contributed by atoms with Crippen LogP contribution in [-0.4, -0.2) is 36.3 Å². The first-order valence-corrected chi connectivity index (χ1v) is 5.82. The zero-order valence-electron chi connectivity index (χ0n) is 11.2. The quantitative estimate of drug-likeness (QED) is 0.769. The maximum atomic E-state index is 5.59. The van der Waals surface area contributed by atoms with Gasteiger partial charge in [0, 0.05) is 7.05 Å². The van der Waals surface area contributed by atoms with Crippen LogP contribution >= 0.6 is 0 Å². The highest BCUT2D eigenvalue weighted by atomic mass is 16.5. The van der Waals surface area contributed by atoms with Crippen molar-refractivity contribution >= 4 is 5.82 Å². The molecule has 96 valence electrons. The molecule has 0 bridgehead atoms. The number of nitrogens with zero attached hydrogens (tertiary/aromatic N) is 2. The Balaban J connectivity index is 2.61. The molecule has 0 spiro atoms. The van der Waals surface area contributed by atoms with E-state index in [-0.39, 0.29) is 6.10 Å². The van der Waals surface area contributed by atoms with Crippen LogP contribution in [-0.2, 0) is 4.74 Å². The Morgan fingerprint density at radius 3 is 2.47 bits per heavy atom. The normalized spacial score (nSPS) is 10.7. The van der Waals surface area contributed by atoms with Crippen LogP contribution in [0.25, 0.3) is 0 Å². The third-order valence-electron chi connectivity index (χ3n) is 2.22. The average Bonchev–Trinajstić information content (AvgIpc) is 2.28. The molecular weight excluding hydrogens is 218 g/mol. The van der Waals surface area contributed by atoms with Gasteiger partial charge in [-0.1, -0.05) is 0 Å². The molecule has 1 aromatic rings. The second-order valence-electron chi connectivity index (χ2n) is 4.07. The van der Waals surface area contributed by atoms with Crippen molar-refractivity contribution in [2.24, 2.45) is 0 Å². The molecule has 0 atom stereocenters. The summed E-state index contributed by atoms with van der Waals surface area (Å²) in [4.78, 5) is 8.54. The molecule has 5 heteroatoms. The molecule has 17 heavy (non-hydrogen) atoms. The smallest absolute Gasteiger partial charge is 0.221 e. The van der Waals surface area contributed by atoms with Gasteiger partial charge in [-0.05, 0) is 27.7 Å². The predicted octanol–water partition coefficient (Wildman–Crippen LogP) is 1.94. The molecule has 0 radical (unpaired) electrons. The number of hydrogen-bond acceptors (Lipinski definition) is 5. The first-order chi connectivity index (χ1) is 8.04. The topological polar surface area (TPSA) is 56.3 Å². The van der Waals surface area contributed by atoms with Gasteiger partial charge in [-0.25, -0.2) is 4.98 Å². The number of rotatable bonds is 6. The Bertz CT molecular complexity index is 367. The van der Waals surface area contributed by atoms with Gasteiger partial charge in [0.05, 0.1) is 18.3 Å². The van der Waals surface area contributed by atoms with E-state index in [4.69, 9.17) is 9.47 Å². The molecule has 0 saturated heterocycles. The molecule has 0 aromatic carbocycles. The third kappa shape index (κ3) is 4.19. The molecule has 0 aliphatic rings. The lowest BCUT2D eigenvalue weighted by Crippen LogP contribution is -2.13. The number of ether oxygens (including phenoxy) is 2. The van der Waals surface area contributed by atoms with Crippen molar-refractivity contribution < 1.29 is 9.47 Å². The summed E-state index contributed by atoms with van der Waals surface area (Å²) in [6.07, 6.45) is 0.222. The molecule has 1 N–H and O–H groups in total. The standard InChI is InChI=1S/C12H21N3O2/c1-8(2)16-6-7-17-12-9(3)11(13-5)14-10(4)15-12/h8H,6-7H2,1-5H3,(H,13,14,15). The molecular formula is C12H21N3O2. The molecule has 0 aliphatic heterocycles. The lowest BCUT2D eigenvalue weighted by Gasteiger charge is -2.12. The summed E-state index contributed by atoms with van der Waals surface area (Å²) >= 11 is 0. The summed E-state index contributed by atoms with van der Waals surface area (Å²) < 4.78 is 11.0. The summed E-state index contributed by atoms with van der Waals surface area (Å²) in [7, 11) is 1.83. The van der Waals surface area contributed by atoms with Crippen molar-refractivity contribution in [2.75, 3.05) is 25.6 Å². The zero-order valence-corrected chi connectivity index (χ0v) is 11.2. The van der Waals surface area contributed by atoms with E-state index in [9.17, 15) is 0 Å². The Labute approximate surface area is 103 Å². The first kappa shape index (κ1) is 13.7. The molecule has 0 amide bonds. The Morgan fingerprint density at radius 2 is 1.88 bits per heavy atom. The van der Waals surface area contributed by atoms with Gasteiger partial charge < -0.3 is 14.8 Å². The summed E-state index contributed by atoms with van der Waals surface area (Å²) in [5.41, 5.74) is 0.919. The van der Waals surface area contributed by atoms with Crippen LogP contribution in [0.5, 0.6) is 5.88 Å². The third-order valence-corrected chi connectivity index (χ3v) is 2.22. The number of aromatic nitrogens is 2. The van der Waals surface area contributed by atoms with Gasteiger partial charge in [-0.3, -0.25) is 0 Å². The first-order valence-electron chi connectivity index (χ1n) is 5.82. The van der Waals surface area contributed by atoms with Crippen molar-refractivity contribution in [1.29, 1.82) is 0 Å². The minimum atomic E-state index is 0.222. The van der Waals surface area contributed by atoms with Crippen LogP contribution in [0, 0.1) is 13.8 Å². The highest BCUT2D eigenvalue weighted by Gasteiger charge is 2.09. The van der Waals surface area contributed by atoms with E-state index < -0.39 is 0 Å². The van der Waals surface area contributed by atoms with Gasteiger partial charge in [0.2, 0.25) is 5.88 Å². The van der Waals surface area contributed by atoms with E-state index in [0.717, 1.165) is 11.4 Å². The maximum absolute atomic E-state index is 5.59. The minimum Gasteiger partial charge on any atom is -0.475 e. The summed E-state index contributed by atoms with van der Waals surface area (Å²) in [5.74, 6) is 2.12. The fourth-order valence-corrected chi connectivity index (χ4v) is 1.41. The molecule has 1 aromatic heterocycles. The predicted molar refractivity (Wildman–Crippen MR) is 67.6 cm³/mol. The van der Waals surface area contributed by atoms with E-state index in [1.165, 1.54) is 0 Å². The number of aryl methyl sites for hydroxylation is 1. The van der Waals surface area contributed by atoms with Crippen molar-refractivity contribution in [3.63, 3.8) is 0 Å².